The van der Waals surface area contributed by atoms with Gasteiger partial charge in [0.15, 0.2) is 5.96 Å². The predicted molar refractivity (Wildman–Crippen MR) is 122 cm³/mol. The lowest BCUT2D eigenvalue weighted by molar-refractivity contribution is 0.0953. The minimum Gasteiger partial charge on any atom is -0.356 e. The Hall–Kier alpha value is -3.35. The van der Waals surface area contributed by atoms with Gasteiger partial charge in [-0.05, 0) is 44.0 Å². The van der Waals surface area contributed by atoms with Crippen molar-refractivity contribution < 1.29 is 4.79 Å². The summed E-state index contributed by atoms with van der Waals surface area (Å²) < 4.78 is 2.25. The summed E-state index contributed by atoms with van der Waals surface area (Å²) >= 11 is 0. The number of para-hydroxylation sites is 2. The highest BCUT2D eigenvalue weighted by Gasteiger charge is 2.06. The number of hydrogen-bond acceptors (Lipinski definition) is 3. The molecule has 0 atom stereocenters. The normalized spacial score (nSPS) is 11.5. The highest BCUT2D eigenvalue weighted by Crippen LogP contribution is 2.15. The zero-order chi connectivity index (χ0) is 21.2. The van der Waals surface area contributed by atoms with E-state index in [1.54, 1.807) is 7.05 Å². The number of aliphatic imine (C=N–C) groups is 1. The van der Waals surface area contributed by atoms with E-state index in [4.69, 9.17) is 0 Å². The number of hydrogen-bond donors (Lipinski definition) is 3. The monoisotopic (exact) mass is 406 g/mol. The van der Waals surface area contributed by atoms with E-state index in [0.29, 0.717) is 12.1 Å². The maximum Gasteiger partial charge on any atom is 0.251 e. The molecule has 3 rings (SSSR count). The minimum atomic E-state index is -0.0413. The average molecular weight is 407 g/mol. The number of rotatable bonds is 9. The first-order valence-electron chi connectivity index (χ1n) is 10.4. The Morgan fingerprint density at radius 2 is 1.60 bits per heavy atom. The standard InChI is InChI=1S/C23H30N6O/c1-18-28-20-12-6-7-13-21(20)29(18)17-9-16-27-23(24-2)26-15-8-14-25-22(30)19-10-4-3-5-11-19/h3-7,10-13H,8-9,14-17H2,1-2H3,(H,25,30)(H2,24,26,27). The van der Waals surface area contributed by atoms with Gasteiger partial charge in [-0.3, -0.25) is 9.79 Å². The van der Waals surface area contributed by atoms with E-state index in [1.807, 2.05) is 55.5 Å². The Morgan fingerprint density at radius 1 is 0.933 bits per heavy atom. The van der Waals surface area contributed by atoms with Gasteiger partial charge < -0.3 is 20.5 Å². The molecule has 0 aliphatic carbocycles. The molecule has 3 N–H and O–H groups in total. The van der Waals surface area contributed by atoms with Crippen molar-refractivity contribution in [3.8, 4) is 0 Å². The molecule has 0 bridgehead atoms. The molecule has 7 nitrogen and oxygen atoms in total. The van der Waals surface area contributed by atoms with E-state index in [2.05, 4.69) is 36.6 Å². The number of nitrogens with zero attached hydrogens (tertiary/aromatic N) is 3. The Bertz CT molecular complexity index is 980. The lowest BCUT2D eigenvalue weighted by Crippen LogP contribution is -2.39. The van der Waals surface area contributed by atoms with Crippen molar-refractivity contribution in [2.75, 3.05) is 26.7 Å². The van der Waals surface area contributed by atoms with Crippen molar-refractivity contribution in [3.63, 3.8) is 0 Å². The summed E-state index contributed by atoms with van der Waals surface area (Å²) in [7, 11) is 1.76. The van der Waals surface area contributed by atoms with Gasteiger partial charge in [0.25, 0.3) is 5.91 Å². The van der Waals surface area contributed by atoms with Gasteiger partial charge in [-0.1, -0.05) is 30.3 Å². The molecule has 0 radical (unpaired) electrons. The second kappa shape index (κ2) is 11.0. The molecule has 7 heteroatoms. The summed E-state index contributed by atoms with van der Waals surface area (Å²) in [5.41, 5.74) is 2.90. The van der Waals surface area contributed by atoms with Gasteiger partial charge in [0.05, 0.1) is 11.0 Å². The smallest absolute Gasteiger partial charge is 0.251 e. The van der Waals surface area contributed by atoms with Crippen LogP contribution in [0.25, 0.3) is 11.0 Å². The molecule has 158 valence electrons. The van der Waals surface area contributed by atoms with Crippen LogP contribution in [0.2, 0.25) is 0 Å². The first kappa shape index (κ1) is 21.4. The van der Waals surface area contributed by atoms with Crippen LogP contribution in [0.3, 0.4) is 0 Å². The van der Waals surface area contributed by atoms with E-state index in [1.165, 1.54) is 5.52 Å². The van der Waals surface area contributed by atoms with Gasteiger partial charge in [0, 0.05) is 38.8 Å². The van der Waals surface area contributed by atoms with Crippen LogP contribution in [0.15, 0.2) is 59.6 Å². The molecular formula is C23H30N6O. The number of amides is 1. The van der Waals surface area contributed by atoms with Crippen molar-refractivity contribution in [1.29, 1.82) is 0 Å². The van der Waals surface area contributed by atoms with Gasteiger partial charge in [-0.25, -0.2) is 4.98 Å². The lowest BCUT2D eigenvalue weighted by Gasteiger charge is -2.13. The molecule has 0 aliphatic rings. The van der Waals surface area contributed by atoms with Crippen LogP contribution in [0.1, 0.15) is 29.0 Å². The number of carbonyl (C=O) groups excluding carboxylic acids is 1. The molecule has 0 spiro atoms. The van der Waals surface area contributed by atoms with Gasteiger partial charge in [-0.2, -0.15) is 0 Å². The van der Waals surface area contributed by atoms with E-state index in [-0.39, 0.29) is 5.91 Å². The number of aryl methyl sites for hydroxylation is 2. The van der Waals surface area contributed by atoms with E-state index >= 15 is 0 Å². The van der Waals surface area contributed by atoms with Crippen molar-refractivity contribution in [3.05, 3.63) is 66.0 Å². The van der Waals surface area contributed by atoms with Gasteiger partial charge in [0.1, 0.15) is 5.82 Å². The van der Waals surface area contributed by atoms with E-state index in [0.717, 1.165) is 49.8 Å². The largest absolute Gasteiger partial charge is 0.356 e. The molecule has 1 aromatic heterocycles. The number of imidazole rings is 1. The highest BCUT2D eigenvalue weighted by molar-refractivity contribution is 5.94. The van der Waals surface area contributed by atoms with Crippen LogP contribution in [-0.4, -0.2) is 48.1 Å². The van der Waals surface area contributed by atoms with Crippen molar-refractivity contribution in [1.82, 2.24) is 25.5 Å². The average Bonchev–Trinajstić information content (AvgIpc) is 3.10. The fourth-order valence-electron chi connectivity index (χ4n) is 3.33. The molecule has 30 heavy (non-hydrogen) atoms. The van der Waals surface area contributed by atoms with Crippen LogP contribution in [0.5, 0.6) is 0 Å². The number of nitrogens with one attached hydrogen (secondary N) is 3. The summed E-state index contributed by atoms with van der Waals surface area (Å²) in [5, 5.41) is 9.56. The molecule has 0 saturated carbocycles. The fraction of sp³-hybridized carbons (Fsp3) is 0.348. The molecule has 0 saturated heterocycles. The predicted octanol–water partition coefficient (Wildman–Crippen LogP) is 2.72. The van der Waals surface area contributed by atoms with E-state index < -0.39 is 0 Å². The molecule has 3 aromatic rings. The Balaban J connectivity index is 1.32. The van der Waals surface area contributed by atoms with Crippen LogP contribution in [0.4, 0.5) is 0 Å². The quantitative estimate of drug-likeness (QED) is 0.290. The third-order valence-corrected chi connectivity index (χ3v) is 4.89. The number of fused-ring (bicyclic) bond motifs is 1. The lowest BCUT2D eigenvalue weighted by atomic mass is 10.2. The van der Waals surface area contributed by atoms with Crippen molar-refractivity contribution in [2.45, 2.75) is 26.3 Å². The van der Waals surface area contributed by atoms with Gasteiger partial charge in [-0.15, -0.1) is 0 Å². The van der Waals surface area contributed by atoms with Crippen molar-refractivity contribution >= 4 is 22.9 Å². The molecule has 1 heterocycles. The molecule has 1 amide bonds. The second-order valence-electron chi connectivity index (χ2n) is 7.05. The van der Waals surface area contributed by atoms with Crippen LogP contribution < -0.4 is 16.0 Å². The molecule has 2 aromatic carbocycles. The Kier molecular flexibility index (Phi) is 7.83. The third kappa shape index (κ3) is 5.83. The Labute approximate surface area is 177 Å². The van der Waals surface area contributed by atoms with E-state index in [9.17, 15) is 4.79 Å². The summed E-state index contributed by atoms with van der Waals surface area (Å²) in [6.45, 7) is 5.12. The fourth-order valence-corrected chi connectivity index (χ4v) is 3.33. The SMILES string of the molecule is CN=C(NCCCNC(=O)c1ccccc1)NCCCn1c(C)nc2ccccc21. The van der Waals surface area contributed by atoms with Crippen molar-refractivity contribution in [2.24, 2.45) is 4.99 Å². The first-order chi connectivity index (χ1) is 14.7. The summed E-state index contributed by atoms with van der Waals surface area (Å²) in [6, 6.07) is 17.5. The van der Waals surface area contributed by atoms with Crippen LogP contribution >= 0.6 is 0 Å². The topological polar surface area (TPSA) is 83.3 Å². The minimum absolute atomic E-state index is 0.0413. The number of benzene rings is 2. The van der Waals surface area contributed by atoms with Crippen LogP contribution in [0, 0.1) is 6.92 Å². The van der Waals surface area contributed by atoms with Gasteiger partial charge in [0.2, 0.25) is 0 Å². The third-order valence-electron chi connectivity index (χ3n) is 4.89. The van der Waals surface area contributed by atoms with Crippen LogP contribution in [-0.2, 0) is 6.54 Å². The Morgan fingerprint density at radius 3 is 2.37 bits per heavy atom. The first-order valence-corrected chi connectivity index (χ1v) is 10.4. The summed E-state index contributed by atoms with van der Waals surface area (Å²) in [4.78, 5) is 20.9. The second-order valence-corrected chi connectivity index (χ2v) is 7.05. The summed E-state index contributed by atoms with van der Waals surface area (Å²) in [6.07, 6.45) is 1.79. The number of carbonyl (C=O) groups is 1. The summed E-state index contributed by atoms with van der Waals surface area (Å²) in [5.74, 6) is 1.77. The zero-order valence-electron chi connectivity index (χ0n) is 17.7. The number of guanidine groups is 1. The maximum absolute atomic E-state index is 12.0. The molecule has 0 aliphatic heterocycles. The number of aromatic nitrogens is 2. The zero-order valence-corrected chi connectivity index (χ0v) is 17.7. The molecule has 0 fully saturated rings. The highest BCUT2D eigenvalue weighted by atomic mass is 16.1. The van der Waals surface area contributed by atoms with Gasteiger partial charge >= 0.3 is 0 Å². The maximum atomic E-state index is 12.0. The molecular weight excluding hydrogens is 376 g/mol. The molecule has 0 unspecified atom stereocenters.